The molecular formula is C13H10N6. The lowest BCUT2D eigenvalue weighted by molar-refractivity contribution is 1.29. The van der Waals surface area contributed by atoms with Gasteiger partial charge in [-0.25, -0.2) is 0 Å². The van der Waals surface area contributed by atoms with Crippen LogP contribution in [0.4, 0.5) is 5.69 Å². The van der Waals surface area contributed by atoms with Crippen molar-refractivity contribution in [3.05, 3.63) is 41.1 Å². The van der Waals surface area contributed by atoms with Gasteiger partial charge in [-0.2, -0.15) is 20.9 Å². The molecule has 19 heavy (non-hydrogen) atoms. The molecule has 6 nitrogen and oxygen atoms in total. The van der Waals surface area contributed by atoms with Crippen LogP contribution in [-0.2, 0) is 0 Å². The summed E-state index contributed by atoms with van der Waals surface area (Å²) >= 11 is 0. The Hall–Kier alpha value is -3.30. The maximum Gasteiger partial charge on any atom is 0.185 e. The smallest absolute Gasteiger partial charge is 0.185 e. The molecule has 0 bridgehead atoms. The SMILES string of the molecule is Cc1ccc(N/N=C(/C#N)C(N)=C(C#N)C#N)cc1. The van der Waals surface area contributed by atoms with Gasteiger partial charge < -0.3 is 5.73 Å². The molecule has 0 saturated carbocycles. The molecule has 0 aliphatic carbocycles. The van der Waals surface area contributed by atoms with Crippen LogP contribution in [-0.4, -0.2) is 5.71 Å². The molecule has 92 valence electrons. The summed E-state index contributed by atoms with van der Waals surface area (Å²) in [6, 6.07) is 12.3. The van der Waals surface area contributed by atoms with Gasteiger partial charge in [-0.05, 0) is 19.1 Å². The monoisotopic (exact) mass is 250 g/mol. The lowest BCUT2D eigenvalue weighted by Gasteiger charge is -2.02. The lowest BCUT2D eigenvalue weighted by atomic mass is 10.2. The molecule has 0 heterocycles. The fourth-order valence-corrected chi connectivity index (χ4v) is 1.16. The first-order chi connectivity index (χ1) is 9.12. The molecule has 0 aliphatic heterocycles. The molecule has 0 radical (unpaired) electrons. The number of aryl methyl sites for hydroxylation is 1. The van der Waals surface area contributed by atoms with E-state index < -0.39 is 0 Å². The highest BCUT2D eigenvalue weighted by atomic mass is 15.3. The van der Waals surface area contributed by atoms with Crippen molar-refractivity contribution < 1.29 is 0 Å². The molecule has 0 aromatic heterocycles. The number of hydrazone groups is 1. The predicted octanol–water partition coefficient (Wildman–Crippen LogP) is 1.55. The molecule has 1 aromatic rings. The average molecular weight is 250 g/mol. The Morgan fingerprint density at radius 2 is 1.68 bits per heavy atom. The van der Waals surface area contributed by atoms with E-state index in [4.69, 9.17) is 21.5 Å². The van der Waals surface area contributed by atoms with Crippen molar-refractivity contribution in [2.45, 2.75) is 6.92 Å². The number of nitrogens with zero attached hydrogens (tertiary/aromatic N) is 4. The molecule has 3 N–H and O–H groups in total. The maximum atomic E-state index is 8.90. The summed E-state index contributed by atoms with van der Waals surface area (Å²) in [5.41, 5.74) is 9.12. The highest BCUT2D eigenvalue weighted by Gasteiger charge is 2.09. The molecule has 6 heteroatoms. The van der Waals surface area contributed by atoms with Gasteiger partial charge in [0.05, 0.1) is 11.4 Å². The van der Waals surface area contributed by atoms with Crippen LogP contribution in [0.15, 0.2) is 40.6 Å². The van der Waals surface area contributed by atoms with Gasteiger partial charge in [0.15, 0.2) is 11.3 Å². The normalized spacial score (nSPS) is 9.68. The fraction of sp³-hybridized carbons (Fsp3) is 0.0769. The first-order valence-electron chi connectivity index (χ1n) is 5.23. The average Bonchev–Trinajstić information content (AvgIpc) is 2.43. The Bertz CT molecular complexity index is 630. The van der Waals surface area contributed by atoms with Crippen LogP contribution in [0, 0.1) is 40.9 Å². The van der Waals surface area contributed by atoms with Gasteiger partial charge >= 0.3 is 0 Å². The third-order valence-electron chi connectivity index (χ3n) is 2.20. The summed E-state index contributed by atoms with van der Waals surface area (Å²) in [4.78, 5) is 0. The molecule has 0 saturated heterocycles. The first kappa shape index (κ1) is 13.8. The van der Waals surface area contributed by atoms with E-state index in [1.165, 1.54) is 0 Å². The molecule has 1 aromatic carbocycles. The van der Waals surface area contributed by atoms with Gasteiger partial charge in [0.2, 0.25) is 0 Å². The Kier molecular flexibility index (Phi) is 4.66. The van der Waals surface area contributed by atoms with E-state index in [0.717, 1.165) is 5.56 Å². The van der Waals surface area contributed by atoms with E-state index >= 15 is 0 Å². The van der Waals surface area contributed by atoms with Crippen LogP contribution in [0.25, 0.3) is 0 Å². The van der Waals surface area contributed by atoms with E-state index in [-0.39, 0.29) is 17.0 Å². The van der Waals surface area contributed by atoms with Gasteiger partial charge in [-0.3, -0.25) is 5.43 Å². The third kappa shape index (κ3) is 3.59. The standard InChI is InChI=1S/C13H10N6/c1-9-2-4-11(5-3-9)18-19-12(8-16)13(17)10(6-14)7-15/h2-5,18H,17H2,1H3/b19-12-. The third-order valence-corrected chi connectivity index (χ3v) is 2.20. The van der Waals surface area contributed by atoms with E-state index in [9.17, 15) is 0 Å². The van der Waals surface area contributed by atoms with Crippen LogP contribution < -0.4 is 11.2 Å². The van der Waals surface area contributed by atoms with Crippen molar-refractivity contribution in [3.63, 3.8) is 0 Å². The summed E-state index contributed by atoms with van der Waals surface area (Å²) in [5.74, 6) is 0. The number of nitrogens with one attached hydrogen (secondary N) is 1. The Balaban J connectivity index is 3.01. The van der Waals surface area contributed by atoms with Crippen molar-refractivity contribution in [1.29, 1.82) is 15.8 Å². The second-order valence-electron chi connectivity index (χ2n) is 3.56. The molecule has 0 aliphatic rings. The van der Waals surface area contributed by atoms with Crippen molar-refractivity contribution in [2.24, 2.45) is 10.8 Å². The van der Waals surface area contributed by atoms with Gasteiger partial charge in [-0.15, -0.1) is 0 Å². The second kappa shape index (κ2) is 6.44. The summed E-state index contributed by atoms with van der Waals surface area (Å²) < 4.78 is 0. The summed E-state index contributed by atoms with van der Waals surface area (Å²) in [5, 5.41) is 30.0. The van der Waals surface area contributed by atoms with Crippen LogP contribution in [0.3, 0.4) is 0 Å². The Labute approximate surface area is 110 Å². The second-order valence-corrected chi connectivity index (χ2v) is 3.56. The first-order valence-corrected chi connectivity index (χ1v) is 5.23. The fourth-order valence-electron chi connectivity index (χ4n) is 1.16. The zero-order valence-electron chi connectivity index (χ0n) is 10.2. The number of nitrogens with two attached hydrogens (primary N) is 1. The lowest BCUT2D eigenvalue weighted by Crippen LogP contribution is -2.13. The zero-order chi connectivity index (χ0) is 14.3. The highest BCUT2D eigenvalue weighted by Crippen LogP contribution is 2.09. The molecule has 0 atom stereocenters. The number of hydrogen-bond acceptors (Lipinski definition) is 6. The van der Waals surface area contributed by atoms with Crippen molar-refractivity contribution in [1.82, 2.24) is 0 Å². The van der Waals surface area contributed by atoms with Gasteiger partial charge in [0.1, 0.15) is 18.2 Å². The Morgan fingerprint density at radius 3 is 2.16 bits per heavy atom. The maximum absolute atomic E-state index is 8.90. The molecule has 1 rings (SSSR count). The quantitative estimate of drug-likeness (QED) is 0.478. The van der Waals surface area contributed by atoms with Gasteiger partial charge in [0.25, 0.3) is 0 Å². The van der Waals surface area contributed by atoms with E-state index in [2.05, 4.69) is 10.5 Å². The minimum absolute atomic E-state index is 0.210. The number of rotatable bonds is 3. The van der Waals surface area contributed by atoms with Crippen molar-refractivity contribution in [2.75, 3.05) is 5.43 Å². The van der Waals surface area contributed by atoms with Gasteiger partial charge in [-0.1, -0.05) is 17.7 Å². The predicted molar refractivity (Wildman–Crippen MR) is 70.3 cm³/mol. The minimum Gasteiger partial charge on any atom is -0.395 e. The minimum atomic E-state index is -0.342. The van der Waals surface area contributed by atoms with E-state index in [0.29, 0.717) is 5.69 Å². The van der Waals surface area contributed by atoms with E-state index in [1.807, 2.05) is 19.1 Å². The number of hydrogen-bond donors (Lipinski definition) is 2. The molecule has 0 spiro atoms. The Morgan fingerprint density at radius 1 is 1.11 bits per heavy atom. The van der Waals surface area contributed by atoms with Crippen LogP contribution in [0.1, 0.15) is 5.56 Å². The number of allylic oxidation sites excluding steroid dienone is 2. The molecular weight excluding hydrogens is 240 g/mol. The van der Waals surface area contributed by atoms with Crippen LogP contribution in [0.2, 0.25) is 0 Å². The number of benzene rings is 1. The summed E-state index contributed by atoms with van der Waals surface area (Å²) in [6.45, 7) is 1.95. The van der Waals surface area contributed by atoms with Crippen LogP contribution in [0.5, 0.6) is 0 Å². The number of nitriles is 3. The van der Waals surface area contributed by atoms with Crippen molar-refractivity contribution >= 4 is 11.4 Å². The highest BCUT2D eigenvalue weighted by molar-refractivity contribution is 6.12. The molecule has 0 amide bonds. The van der Waals surface area contributed by atoms with E-state index in [1.54, 1.807) is 30.3 Å². The molecule has 0 unspecified atom stereocenters. The topological polar surface area (TPSA) is 122 Å². The molecule has 0 fully saturated rings. The summed E-state index contributed by atoms with van der Waals surface area (Å²) in [6.07, 6.45) is 0. The van der Waals surface area contributed by atoms with Crippen LogP contribution >= 0.6 is 0 Å². The zero-order valence-corrected chi connectivity index (χ0v) is 10.2. The summed E-state index contributed by atoms with van der Waals surface area (Å²) in [7, 11) is 0. The largest absolute Gasteiger partial charge is 0.395 e. The number of anilines is 1. The van der Waals surface area contributed by atoms with Gasteiger partial charge in [0, 0.05) is 0 Å². The van der Waals surface area contributed by atoms with Crippen molar-refractivity contribution in [3.8, 4) is 18.2 Å².